The Kier molecular flexibility index (Phi) is 6.59. The summed E-state index contributed by atoms with van der Waals surface area (Å²) in [6.45, 7) is 8.06. The third-order valence-electron chi connectivity index (χ3n) is 2.87. The van der Waals surface area contributed by atoms with Crippen molar-refractivity contribution in [3.8, 4) is 0 Å². The quantitative estimate of drug-likeness (QED) is 0.517. The zero-order chi connectivity index (χ0) is 11.6. The van der Waals surface area contributed by atoms with Crippen LogP contribution in [0.5, 0.6) is 0 Å². The second-order valence-corrected chi connectivity index (χ2v) is 4.13. The van der Waals surface area contributed by atoms with Gasteiger partial charge in [-0.15, -0.1) is 6.58 Å². The summed E-state index contributed by atoms with van der Waals surface area (Å²) in [6, 6.07) is 10.8. The molecule has 1 N–H and O–H groups in total. The van der Waals surface area contributed by atoms with Gasteiger partial charge in [-0.05, 0) is 37.3 Å². The van der Waals surface area contributed by atoms with Crippen molar-refractivity contribution in [1.82, 2.24) is 5.32 Å². The Bertz CT molecular complexity index is 279. The Labute approximate surface area is 99.6 Å². The number of rotatable bonds is 8. The molecule has 0 saturated heterocycles. The molecule has 0 aliphatic carbocycles. The van der Waals surface area contributed by atoms with Crippen LogP contribution in [-0.4, -0.2) is 13.1 Å². The van der Waals surface area contributed by atoms with Gasteiger partial charge in [0.2, 0.25) is 0 Å². The van der Waals surface area contributed by atoms with Gasteiger partial charge in [0.25, 0.3) is 0 Å². The van der Waals surface area contributed by atoms with E-state index in [0.717, 1.165) is 19.5 Å². The topological polar surface area (TPSA) is 12.0 Å². The zero-order valence-electron chi connectivity index (χ0n) is 10.3. The van der Waals surface area contributed by atoms with E-state index in [1.165, 1.54) is 18.4 Å². The summed E-state index contributed by atoms with van der Waals surface area (Å²) in [7, 11) is 0. The minimum absolute atomic E-state index is 0.640. The number of unbranched alkanes of at least 4 members (excludes halogenated alkanes) is 1. The van der Waals surface area contributed by atoms with E-state index in [-0.39, 0.29) is 0 Å². The molecule has 0 fully saturated rings. The van der Waals surface area contributed by atoms with Crippen molar-refractivity contribution >= 4 is 0 Å². The number of hydrogen-bond donors (Lipinski definition) is 1. The second-order valence-electron chi connectivity index (χ2n) is 4.13. The Balaban J connectivity index is 2.52. The van der Waals surface area contributed by atoms with E-state index in [2.05, 4.69) is 49.2 Å². The molecule has 0 aliphatic heterocycles. The van der Waals surface area contributed by atoms with Gasteiger partial charge in [0.15, 0.2) is 0 Å². The fourth-order valence-electron chi connectivity index (χ4n) is 1.94. The van der Waals surface area contributed by atoms with Crippen molar-refractivity contribution < 1.29 is 0 Å². The molecule has 88 valence electrons. The van der Waals surface area contributed by atoms with Gasteiger partial charge >= 0.3 is 0 Å². The molecular weight excluding hydrogens is 194 g/mol. The molecule has 16 heavy (non-hydrogen) atoms. The van der Waals surface area contributed by atoms with Crippen molar-refractivity contribution in [3.05, 3.63) is 48.6 Å². The molecular formula is C15H23N. The van der Waals surface area contributed by atoms with Crippen LogP contribution in [0.2, 0.25) is 0 Å². The average Bonchev–Trinajstić information content (AvgIpc) is 2.35. The van der Waals surface area contributed by atoms with Crippen molar-refractivity contribution in [2.45, 2.75) is 32.1 Å². The van der Waals surface area contributed by atoms with Gasteiger partial charge in [0.1, 0.15) is 0 Å². The van der Waals surface area contributed by atoms with Crippen LogP contribution in [-0.2, 0) is 0 Å². The van der Waals surface area contributed by atoms with Crippen LogP contribution >= 0.6 is 0 Å². The van der Waals surface area contributed by atoms with Gasteiger partial charge in [-0.2, -0.15) is 0 Å². The first kappa shape index (κ1) is 13.0. The minimum Gasteiger partial charge on any atom is -0.316 e. The monoisotopic (exact) mass is 217 g/mol. The number of allylic oxidation sites excluding steroid dienone is 1. The second kappa shape index (κ2) is 8.12. The maximum absolute atomic E-state index is 3.78. The van der Waals surface area contributed by atoms with Gasteiger partial charge in [0, 0.05) is 6.54 Å². The number of nitrogens with one attached hydrogen (secondary N) is 1. The zero-order valence-corrected chi connectivity index (χ0v) is 10.3. The maximum atomic E-state index is 3.78. The van der Waals surface area contributed by atoms with Crippen LogP contribution in [0.4, 0.5) is 0 Å². The van der Waals surface area contributed by atoms with Crippen LogP contribution in [0.25, 0.3) is 0 Å². The predicted molar refractivity (Wildman–Crippen MR) is 71.8 cm³/mol. The van der Waals surface area contributed by atoms with E-state index in [1.807, 2.05) is 6.08 Å². The van der Waals surface area contributed by atoms with Gasteiger partial charge < -0.3 is 5.32 Å². The van der Waals surface area contributed by atoms with E-state index in [1.54, 1.807) is 0 Å². The van der Waals surface area contributed by atoms with Gasteiger partial charge in [-0.1, -0.05) is 43.3 Å². The summed E-state index contributed by atoms with van der Waals surface area (Å²) >= 11 is 0. The van der Waals surface area contributed by atoms with Gasteiger partial charge in [-0.25, -0.2) is 0 Å². The SMILES string of the molecule is C=CCCCC(CNCC)c1ccccc1. The lowest BCUT2D eigenvalue weighted by atomic mass is 9.93. The van der Waals surface area contributed by atoms with E-state index < -0.39 is 0 Å². The lowest BCUT2D eigenvalue weighted by Crippen LogP contribution is -2.21. The molecule has 0 saturated carbocycles. The highest BCUT2D eigenvalue weighted by atomic mass is 14.8. The minimum atomic E-state index is 0.640. The lowest BCUT2D eigenvalue weighted by Gasteiger charge is -2.17. The van der Waals surface area contributed by atoms with Crippen LogP contribution in [0, 0.1) is 0 Å². The van der Waals surface area contributed by atoms with E-state index in [4.69, 9.17) is 0 Å². The van der Waals surface area contributed by atoms with Crippen molar-refractivity contribution in [3.63, 3.8) is 0 Å². The van der Waals surface area contributed by atoms with Crippen molar-refractivity contribution in [2.75, 3.05) is 13.1 Å². The molecule has 0 aliphatic rings. The molecule has 1 rings (SSSR count). The van der Waals surface area contributed by atoms with Crippen LogP contribution in [0.15, 0.2) is 43.0 Å². The molecule has 0 heterocycles. The molecule has 1 aromatic carbocycles. The standard InChI is InChI=1S/C15H23N/c1-3-5-7-12-15(13-16-4-2)14-10-8-6-9-11-14/h3,6,8-11,15-16H,1,4-5,7,12-13H2,2H3. The summed E-state index contributed by atoms with van der Waals surface area (Å²) in [5.41, 5.74) is 1.45. The van der Waals surface area contributed by atoms with E-state index >= 15 is 0 Å². The first-order valence-electron chi connectivity index (χ1n) is 6.25. The summed E-state index contributed by atoms with van der Waals surface area (Å²) in [5.74, 6) is 0.640. The molecule has 1 atom stereocenters. The van der Waals surface area contributed by atoms with Crippen LogP contribution in [0.3, 0.4) is 0 Å². The van der Waals surface area contributed by atoms with E-state index in [0.29, 0.717) is 5.92 Å². The third-order valence-corrected chi connectivity index (χ3v) is 2.87. The van der Waals surface area contributed by atoms with Gasteiger partial charge in [0.05, 0.1) is 0 Å². The van der Waals surface area contributed by atoms with Gasteiger partial charge in [-0.3, -0.25) is 0 Å². The highest BCUT2D eigenvalue weighted by Gasteiger charge is 2.09. The molecule has 1 heteroatoms. The number of likely N-dealkylation sites (N-methyl/N-ethyl adjacent to an activating group) is 1. The molecule has 0 aromatic heterocycles. The Morgan fingerprint density at radius 3 is 2.69 bits per heavy atom. The first-order valence-corrected chi connectivity index (χ1v) is 6.25. The number of benzene rings is 1. The van der Waals surface area contributed by atoms with Crippen molar-refractivity contribution in [1.29, 1.82) is 0 Å². The molecule has 0 amide bonds. The number of hydrogen-bond acceptors (Lipinski definition) is 1. The molecule has 0 spiro atoms. The fourth-order valence-corrected chi connectivity index (χ4v) is 1.94. The average molecular weight is 217 g/mol. The fraction of sp³-hybridized carbons (Fsp3) is 0.467. The lowest BCUT2D eigenvalue weighted by molar-refractivity contribution is 0.545. The Hall–Kier alpha value is -1.08. The molecule has 1 nitrogen and oxygen atoms in total. The van der Waals surface area contributed by atoms with E-state index in [9.17, 15) is 0 Å². The highest BCUT2D eigenvalue weighted by molar-refractivity contribution is 5.19. The molecule has 1 aromatic rings. The summed E-state index contributed by atoms with van der Waals surface area (Å²) < 4.78 is 0. The maximum Gasteiger partial charge on any atom is 0.00200 e. The van der Waals surface area contributed by atoms with Crippen molar-refractivity contribution in [2.24, 2.45) is 0 Å². The third kappa shape index (κ3) is 4.63. The normalized spacial score (nSPS) is 12.3. The Morgan fingerprint density at radius 2 is 2.06 bits per heavy atom. The largest absolute Gasteiger partial charge is 0.316 e. The molecule has 0 radical (unpaired) electrons. The van der Waals surface area contributed by atoms with Crippen LogP contribution < -0.4 is 5.32 Å². The Morgan fingerprint density at radius 1 is 1.31 bits per heavy atom. The van der Waals surface area contributed by atoms with Crippen LogP contribution in [0.1, 0.15) is 37.7 Å². The highest BCUT2D eigenvalue weighted by Crippen LogP contribution is 2.21. The summed E-state index contributed by atoms with van der Waals surface area (Å²) in [5, 5.41) is 3.45. The molecule has 0 bridgehead atoms. The summed E-state index contributed by atoms with van der Waals surface area (Å²) in [6.07, 6.45) is 5.60. The predicted octanol–water partition coefficient (Wildman–Crippen LogP) is 3.74. The first-order chi connectivity index (χ1) is 7.88. The smallest absolute Gasteiger partial charge is 0.00200 e. The summed E-state index contributed by atoms with van der Waals surface area (Å²) in [4.78, 5) is 0. The molecule has 1 unspecified atom stereocenters.